The number of rotatable bonds is 8. The van der Waals surface area contributed by atoms with E-state index in [0.29, 0.717) is 16.9 Å². The van der Waals surface area contributed by atoms with Crippen LogP contribution in [0.25, 0.3) is 6.08 Å². The van der Waals surface area contributed by atoms with Gasteiger partial charge in [-0.05, 0) is 79.3 Å². The first-order valence-electron chi connectivity index (χ1n) is 10.2. The number of carbonyl (C=O) groups is 1. The molecule has 0 saturated heterocycles. The third-order valence-corrected chi connectivity index (χ3v) is 4.80. The normalized spacial score (nSPS) is 11.7. The molecule has 0 spiro atoms. The maximum Gasteiger partial charge on any atom is 0.185 e. The van der Waals surface area contributed by atoms with Gasteiger partial charge in [0.25, 0.3) is 0 Å². The first-order valence-corrected chi connectivity index (χ1v) is 10.2. The van der Waals surface area contributed by atoms with Crippen molar-refractivity contribution in [3.63, 3.8) is 0 Å². The van der Waals surface area contributed by atoms with Crippen LogP contribution >= 0.6 is 0 Å². The molecule has 0 aliphatic heterocycles. The molecule has 2 N–H and O–H groups in total. The van der Waals surface area contributed by atoms with E-state index in [0.717, 1.165) is 16.8 Å². The lowest BCUT2D eigenvalue weighted by Gasteiger charge is -2.23. The van der Waals surface area contributed by atoms with Crippen molar-refractivity contribution in [1.82, 2.24) is 0 Å². The Bertz CT molecular complexity index is 878. The predicted octanol–water partition coefficient (Wildman–Crippen LogP) is 6.36. The molecule has 0 aromatic heterocycles. The SMILES string of the molecule is CNc1ccc(C(=O)/C=C/c2c(O)c(C(C)C)cc(C(C)C)c2OC(C)C)cc1. The standard InChI is InChI=1S/C25H33NO3/c1-15(2)21-14-22(16(3)4)25(29-17(5)6)20(24(21)28)12-13-23(27)18-8-10-19(26-7)11-9-18/h8-17,26,28H,1-7H3/b13-12+. The van der Waals surface area contributed by atoms with Crippen LogP contribution in [0.4, 0.5) is 5.69 Å². The number of aromatic hydroxyl groups is 1. The summed E-state index contributed by atoms with van der Waals surface area (Å²) in [6.07, 6.45) is 3.14. The van der Waals surface area contributed by atoms with Crippen LogP contribution in [-0.2, 0) is 0 Å². The highest BCUT2D eigenvalue weighted by Gasteiger charge is 2.21. The quantitative estimate of drug-likeness (QED) is 0.403. The molecule has 0 heterocycles. The molecule has 4 nitrogen and oxygen atoms in total. The van der Waals surface area contributed by atoms with E-state index in [4.69, 9.17) is 4.74 Å². The number of allylic oxidation sites excluding steroid dienone is 1. The molecule has 2 aromatic rings. The Hall–Kier alpha value is -2.75. The molecule has 156 valence electrons. The Labute approximate surface area is 174 Å². The minimum absolute atomic E-state index is 0.0475. The van der Waals surface area contributed by atoms with Gasteiger partial charge in [0.15, 0.2) is 5.78 Å². The first kappa shape index (κ1) is 22.5. The molecule has 0 amide bonds. The Morgan fingerprint density at radius 3 is 2.07 bits per heavy atom. The minimum Gasteiger partial charge on any atom is -0.507 e. The second kappa shape index (κ2) is 9.64. The number of ether oxygens (including phenoxy) is 1. The summed E-state index contributed by atoms with van der Waals surface area (Å²) in [5.41, 5.74) is 3.99. The number of carbonyl (C=O) groups excluding carboxylic acids is 1. The topological polar surface area (TPSA) is 58.6 Å². The molecular formula is C25H33NO3. The van der Waals surface area contributed by atoms with E-state index in [1.807, 2.05) is 52.9 Å². The summed E-state index contributed by atoms with van der Waals surface area (Å²) in [6, 6.07) is 9.32. The number of nitrogens with one attached hydrogen (secondary N) is 1. The van der Waals surface area contributed by atoms with E-state index >= 15 is 0 Å². The Kier molecular flexibility index (Phi) is 7.49. The van der Waals surface area contributed by atoms with Crippen LogP contribution in [0.1, 0.15) is 80.4 Å². The highest BCUT2D eigenvalue weighted by Crippen LogP contribution is 2.42. The van der Waals surface area contributed by atoms with Crippen molar-refractivity contribution in [3.8, 4) is 11.5 Å². The molecule has 2 aromatic carbocycles. The van der Waals surface area contributed by atoms with Crippen LogP contribution < -0.4 is 10.1 Å². The van der Waals surface area contributed by atoms with Crippen LogP contribution in [0.2, 0.25) is 0 Å². The van der Waals surface area contributed by atoms with Gasteiger partial charge in [-0.1, -0.05) is 27.7 Å². The van der Waals surface area contributed by atoms with Gasteiger partial charge in [0.2, 0.25) is 0 Å². The van der Waals surface area contributed by atoms with Gasteiger partial charge in [-0.3, -0.25) is 4.79 Å². The molecule has 2 rings (SSSR count). The van der Waals surface area contributed by atoms with Crippen LogP contribution in [0.3, 0.4) is 0 Å². The van der Waals surface area contributed by atoms with Gasteiger partial charge >= 0.3 is 0 Å². The zero-order valence-electron chi connectivity index (χ0n) is 18.5. The fourth-order valence-corrected chi connectivity index (χ4v) is 3.17. The molecule has 0 aliphatic carbocycles. The third-order valence-electron chi connectivity index (χ3n) is 4.80. The smallest absolute Gasteiger partial charge is 0.185 e. The number of anilines is 1. The Morgan fingerprint density at radius 2 is 1.59 bits per heavy atom. The van der Waals surface area contributed by atoms with Crippen molar-refractivity contribution in [3.05, 3.63) is 58.7 Å². The Balaban J connectivity index is 2.55. The number of hydrogen-bond acceptors (Lipinski definition) is 4. The second-order valence-corrected chi connectivity index (χ2v) is 8.15. The molecule has 0 unspecified atom stereocenters. The molecule has 4 heteroatoms. The van der Waals surface area contributed by atoms with E-state index in [-0.39, 0.29) is 29.5 Å². The molecule has 0 fully saturated rings. The van der Waals surface area contributed by atoms with Crippen molar-refractivity contribution in [2.75, 3.05) is 12.4 Å². The molecule has 0 aliphatic rings. The number of benzene rings is 2. The van der Waals surface area contributed by atoms with Gasteiger partial charge in [-0.25, -0.2) is 0 Å². The van der Waals surface area contributed by atoms with E-state index in [1.165, 1.54) is 6.08 Å². The van der Waals surface area contributed by atoms with Gasteiger partial charge in [0, 0.05) is 18.3 Å². The number of phenols is 1. The maximum atomic E-state index is 12.7. The van der Waals surface area contributed by atoms with Gasteiger partial charge in [0.05, 0.1) is 11.7 Å². The average Bonchev–Trinajstić information content (AvgIpc) is 2.66. The van der Waals surface area contributed by atoms with E-state index in [1.54, 1.807) is 18.2 Å². The van der Waals surface area contributed by atoms with Gasteiger partial charge in [-0.15, -0.1) is 0 Å². The van der Waals surface area contributed by atoms with Crippen molar-refractivity contribution >= 4 is 17.5 Å². The summed E-state index contributed by atoms with van der Waals surface area (Å²) in [5.74, 6) is 1.07. The van der Waals surface area contributed by atoms with Gasteiger partial charge in [0.1, 0.15) is 11.5 Å². The van der Waals surface area contributed by atoms with Crippen LogP contribution in [0.15, 0.2) is 36.4 Å². The van der Waals surface area contributed by atoms with Crippen molar-refractivity contribution in [2.45, 2.75) is 59.5 Å². The first-order chi connectivity index (χ1) is 13.6. The summed E-state index contributed by atoms with van der Waals surface area (Å²) in [5, 5.41) is 14.0. The number of hydrogen-bond donors (Lipinski definition) is 2. The largest absolute Gasteiger partial charge is 0.507 e. The zero-order chi connectivity index (χ0) is 21.7. The fraction of sp³-hybridized carbons (Fsp3) is 0.400. The molecule has 29 heavy (non-hydrogen) atoms. The van der Waals surface area contributed by atoms with Crippen molar-refractivity contribution in [1.29, 1.82) is 0 Å². The summed E-state index contributed by atoms with van der Waals surface area (Å²) in [4.78, 5) is 12.7. The van der Waals surface area contributed by atoms with Crippen LogP contribution in [0.5, 0.6) is 11.5 Å². The van der Waals surface area contributed by atoms with E-state index < -0.39 is 0 Å². The van der Waals surface area contributed by atoms with Gasteiger partial charge < -0.3 is 15.2 Å². The monoisotopic (exact) mass is 395 g/mol. The molecule has 0 saturated carbocycles. The number of ketones is 1. The molecular weight excluding hydrogens is 362 g/mol. The summed E-state index contributed by atoms with van der Waals surface area (Å²) in [6.45, 7) is 12.2. The zero-order valence-corrected chi connectivity index (χ0v) is 18.5. The summed E-state index contributed by atoms with van der Waals surface area (Å²) in [7, 11) is 1.84. The highest BCUT2D eigenvalue weighted by molar-refractivity contribution is 6.07. The number of phenolic OH excluding ortho intramolecular Hbond substituents is 1. The second-order valence-electron chi connectivity index (χ2n) is 8.15. The average molecular weight is 396 g/mol. The Morgan fingerprint density at radius 1 is 1.00 bits per heavy atom. The third kappa shape index (κ3) is 5.41. The van der Waals surface area contributed by atoms with Crippen molar-refractivity contribution < 1.29 is 14.6 Å². The molecule has 0 radical (unpaired) electrons. The molecule has 0 bridgehead atoms. The predicted molar refractivity (Wildman–Crippen MR) is 121 cm³/mol. The summed E-state index contributed by atoms with van der Waals surface area (Å²) < 4.78 is 6.09. The van der Waals surface area contributed by atoms with E-state index in [2.05, 4.69) is 19.2 Å². The minimum atomic E-state index is -0.122. The van der Waals surface area contributed by atoms with Crippen LogP contribution in [0, 0.1) is 0 Å². The van der Waals surface area contributed by atoms with Gasteiger partial charge in [-0.2, -0.15) is 0 Å². The fourth-order valence-electron chi connectivity index (χ4n) is 3.17. The molecule has 0 atom stereocenters. The van der Waals surface area contributed by atoms with E-state index in [9.17, 15) is 9.90 Å². The summed E-state index contributed by atoms with van der Waals surface area (Å²) >= 11 is 0. The lowest BCUT2D eigenvalue weighted by molar-refractivity contribution is 0.104. The van der Waals surface area contributed by atoms with Crippen molar-refractivity contribution in [2.24, 2.45) is 0 Å². The lowest BCUT2D eigenvalue weighted by Crippen LogP contribution is -2.11. The lowest BCUT2D eigenvalue weighted by atomic mass is 9.90. The van der Waals surface area contributed by atoms with Crippen LogP contribution in [-0.4, -0.2) is 24.0 Å². The maximum absolute atomic E-state index is 12.7. The highest BCUT2D eigenvalue weighted by atomic mass is 16.5.